The second kappa shape index (κ2) is 8.76. The second-order valence-electron chi connectivity index (χ2n) is 6.02. The van der Waals surface area contributed by atoms with E-state index < -0.39 is 0 Å². The summed E-state index contributed by atoms with van der Waals surface area (Å²) in [6, 6.07) is 0.479. The molecule has 1 aliphatic carbocycles. The molecule has 1 N–H and O–H groups in total. The summed E-state index contributed by atoms with van der Waals surface area (Å²) in [5, 5.41) is 3.70. The first-order valence-corrected chi connectivity index (χ1v) is 8.16. The number of rotatable bonds is 8. The van der Waals surface area contributed by atoms with E-state index in [9.17, 15) is 0 Å². The fourth-order valence-corrected chi connectivity index (χ4v) is 3.40. The Balaban J connectivity index is 2.78. The summed E-state index contributed by atoms with van der Waals surface area (Å²) in [4.78, 5) is 0. The van der Waals surface area contributed by atoms with Crippen molar-refractivity contribution in [1.82, 2.24) is 5.32 Å². The third-order valence-corrected chi connectivity index (χ3v) is 4.33. The number of hydrogen-bond donors (Lipinski definition) is 1. The zero-order valence-electron chi connectivity index (χ0n) is 13.3. The fourth-order valence-electron chi connectivity index (χ4n) is 3.40. The summed E-state index contributed by atoms with van der Waals surface area (Å²) in [5.41, 5.74) is 1.35. The molecule has 0 saturated heterocycles. The highest BCUT2D eigenvalue weighted by Gasteiger charge is 2.38. The highest BCUT2D eigenvalue weighted by Crippen LogP contribution is 2.35. The molecule has 0 aromatic rings. The van der Waals surface area contributed by atoms with E-state index in [1.807, 2.05) is 0 Å². The van der Waals surface area contributed by atoms with Crippen LogP contribution in [-0.4, -0.2) is 24.8 Å². The van der Waals surface area contributed by atoms with E-state index in [4.69, 9.17) is 4.74 Å². The molecule has 1 rings (SSSR count). The Morgan fingerprint density at radius 3 is 2.32 bits per heavy atom. The molecule has 19 heavy (non-hydrogen) atoms. The lowest BCUT2D eigenvalue weighted by atomic mass is 9.83. The first kappa shape index (κ1) is 16.7. The quantitative estimate of drug-likeness (QED) is 0.518. The average Bonchev–Trinajstić information content (AvgIpc) is 2.61. The molecule has 0 spiro atoms. The zero-order valence-corrected chi connectivity index (χ0v) is 13.3. The third-order valence-electron chi connectivity index (χ3n) is 4.33. The van der Waals surface area contributed by atoms with Gasteiger partial charge in [-0.1, -0.05) is 38.2 Å². The Labute approximate surface area is 120 Å². The van der Waals surface area contributed by atoms with Crippen LogP contribution in [-0.2, 0) is 4.74 Å². The summed E-state index contributed by atoms with van der Waals surface area (Å²) < 4.78 is 6.31. The summed E-state index contributed by atoms with van der Waals surface area (Å²) in [7, 11) is 0. The highest BCUT2D eigenvalue weighted by molar-refractivity contribution is 4.98. The van der Waals surface area contributed by atoms with Gasteiger partial charge in [-0.15, -0.1) is 6.58 Å². The van der Waals surface area contributed by atoms with Gasteiger partial charge in [-0.25, -0.2) is 0 Å². The molecule has 112 valence electrons. The van der Waals surface area contributed by atoms with Crippen LogP contribution in [0.4, 0.5) is 0 Å². The van der Waals surface area contributed by atoms with Gasteiger partial charge in [0.15, 0.2) is 0 Å². The van der Waals surface area contributed by atoms with Crippen molar-refractivity contribution in [2.75, 3.05) is 13.2 Å². The Morgan fingerprint density at radius 2 is 1.84 bits per heavy atom. The molecule has 0 aromatic carbocycles. The zero-order chi connectivity index (χ0) is 14.1. The van der Waals surface area contributed by atoms with Gasteiger partial charge in [-0.2, -0.15) is 0 Å². The Bertz CT molecular complexity index is 254. The van der Waals surface area contributed by atoms with Gasteiger partial charge >= 0.3 is 0 Å². The lowest BCUT2D eigenvalue weighted by Crippen LogP contribution is -2.52. The topological polar surface area (TPSA) is 21.3 Å². The van der Waals surface area contributed by atoms with Gasteiger partial charge in [0, 0.05) is 12.6 Å². The molecule has 1 atom stereocenters. The Hall–Kier alpha value is -0.340. The molecule has 0 aliphatic heterocycles. The number of hydrogen-bond acceptors (Lipinski definition) is 2. The lowest BCUT2D eigenvalue weighted by molar-refractivity contribution is -0.0781. The first-order valence-electron chi connectivity index (χ1n) is 8.16. The van der Waals surface area contributed by atoms with E-state index in [1.165, 1.54) is 44.1 Å². The van der Waals surface area contributed by atoms with Crippen molar-refractivity contribution in [2.45, 2.75) is 83.8 Å². The molecular weight excluding hydrogens is 234 g/mol. The maximum Gasteiger partial charge on any atom is 0.0834 e. The minimum atomic E-state index is 0.0662. The van der Waals surface area contributed by atoms with Crippen molar-refractivity contribution < 1.29 is 4.74 Å². The first-order chi connectivity index (χ1) is 9.14. The molecule has 2 nitrogen and oxygen atoms in total. The summed E-state index contributed by atoms with van der Waals surface area (Å²) in [6.45, 7) is 12.4. The van der Waals surface area contributed by atoms with E-state index in [0.29, 0.717) is 6.04 Å². The predicted octanol–water partition coefficient (Wildman–Crippen LogP) is 4.45. The summed E-state index contributed by atoms with van der Waals surface area (Å²) >= 11 is 0. The molecule has 1 aliphatic rings. The van der Waals surface area contributed by atoms with Gasteiger partial charge in [0.05, 0.1) is 5.60 Å². The van der Waals surface area contributed by atoms with E-state index in [0.717, 1.165) is 26.0 Å². The Morgan fingerprint density at radius 1 is 1.21 bits per heavy atom. The normalized spacial score (nSPS) is 20.8. The van der Waals surface area contributed by atoms with Crippen LogP contribution >= 0.6 is 0 Å². The third kappa shape index (κ3) is 5.27. The molecule has 2 heteroatoms. The van der Waals surface area contributed by atoms with Crippen LogP contribution in [0.3, 0.4) is 0 Å². The minimum absolute atomic E-state index is 0.0662. The van der Waals surface area contributed by atoms with Gasteiger partial charge in [0.25, 0.3) is 0 Å². The maximum atomic E-state index is 6.31. The molecule has 1 unspecified atom stereocenters. The van der Waals surface area contributed by atoms with Crippen LogP contribution < -0.4 is 5.32 Å². The second-order valence-corrected chi connectivity index (χ2v) is 6.02. The number of ether oxygens (including phenoxy) is 1. The van der Waals surface area contributed by atoms with Crippen LogP contribution in [0.15, 0.2) is 12.2 Å². The number of nitrogens with one attached hydrogen (secondary N) is 1. The van der Waals surface area contributed by atoms with Gasteiger partial charge in [0.2, 0.25) is 0 Å². The van der Waals surface area contributed by atoms with E-state index in [-0.39, 0.29) is 5.60 Å². The van der Waals surface area contributed by atoms with E-state index in [2.05, 4.69) is 32.7 Å². The molecule has 0 aromatic heterocycles. The van der Waals surface area contributed by atoms with Gasteiger partial charge in [0.1, 0.15) is 0 Å². The number of allylic oxidation sites excluding steroid dienone is 1. The summed E-state index contributed by atoms with van der Waals surface area (Å²) in [6.07, 6.45) is 10.1. The van der Waals surface area contributed by atoms with Crippen molar-refractivity contribution >= 4 is 0 Å². The van der Waals surface area contributed by atoms with Crippen LogP contribution in [0.1, 0.15) is 72.1 Å². The predicted molar refractivity (Wildman–Crippen MR) is 83.6 cm³/mol. The molecular formula is C17H33NO. The van der Waals surface area contributed by atoms with E-state index >= 15 is 0 Å². The lowest BCUT2D eigenvalue weighted by Gasteiger charge is -2.41. The minimum Gasteiger partial charge on any atom is -0.374 e. The molecule has 0 heterocycles. The maximum absolute atomic E-state index is 6.31. The molecule has 1 fully saturated rings. The molecule has 0 bridgehead atoms. The molecule has 1 saturated carbocycles. The van der Waals surface area contributed by atoms with Crippen LogP contribution in [0.2, 0.25) is 0 Å². The summed E-state index contributed by atoms with van der Waals surface area (Å²) in [5.74, 6) is 0. The van der Waals surface area contributed by atoms with Crippen LogP contribution in [0, 0.1) is 0 Å². The smallest absolute Gasteiger partial charge is 0.0834 e. The van der Waals surface area contributed by atoms with E-state index in [1.54, 1.807) is 0 Å². The molecule has 0 amide bonds. The average molecular weight is 267 g/mol. The van der Waals surface area contributed by atoms with Crippen molar-refractivity contribution in [1.29, 1.82) is 0 Å². The fraction of sp³-hybridized carbons (Fsp3) is 0.882. The van der Waals surface area contributed by atoms with Gasteiger partial charge < -0.3 is 10.1 Å². The number of likely N-dealkylation sites (N-methyl/N-ethyl adjacent to an activating group) is 1. The van der Waals surface area contributed by atoms with Crippen molar-refractivity contribution in [3.63, 3.8) is 0 Å². The SMILES string of the molecule is C=C(C)CCC(NCC)C1(OCC)CCCCCC1. The Kier molecular flexibility index (Phi) is 7.70. The van der Waals surface area contributed by atoms with Crippen LogP contribution in [0.25, 0.3) is 0 Å². The van der Waals surface area contributed by atoms with Gasteiger partial charge in [-0.3, -0.25) is 0 Å². The van der Waals surface area contributed by atoms with Gasteiger partial charge in [-0.05, 0) is 46.1 Å². The monoisotopic (exact) mass is 267 g/mol. The van der Waals surface area contributed by atoms with Crippen LogP contribution in [0.5, 0.6) is 0 Å². The largest absolute Gasteiger partial charge is 0.374 e. The highest BCUT2D eigenvalue weighted by atomic mass is 16.5. The molecule has 0 radical (unpaired) electrons. The standard InChI is InChI=1S/C17H33NO/c1-5-18-16(12-11-15(3)4)17(19-6-2)13-9-7-8-10-14-17/h16,18H,3,5-14H2,1-2,4H3. The van der Waals surface area contributed by atoms with Crippen molar-refractivity contribution in [3.8, 4) is 0 Å². The van der Waals surface area contributed by atoms with Crippen molar-refractivity contribution in [3.05, 3.63) is 12.2 Å². The van der Waals surface area contributed by atoms with Crippen molar-refractivity contribution in [2.24, 2.45) is 0 Å².